The van der Waals surface area contributed by atoms with Crippen LogP contribution in [-0.2, 0) is 6.54 Å². The number of aromatic carboxylic acids is 1. The summed E-state index contributed by atoms with van der Waals surface area (Å²) >= 11 is 0. The van der Waals surface area contributed by atoms with Gasteiger partial charge in [0.2, 0.25) is 0 Å². The Bertz CT molecular complexity index is 546. The SMILES string of the molecule is CC(C)NCc1nc(C(=O)O)c2ccccn12. The number of imidazole rings is 1. The van der Waals surface area contributed by atoms with Gasteiger partial charge in [0.1, 0.15) is 5.82 Å². The van der Waals surface area contributed by atoms with Crippen LogP contribution in [0.1, 0.15) is 30.2 Å². The first-order valence-electron chi connectivity index (χ1n) is 5.52. The zero-order valence-corrected chi connectivity index (χ0v) is 9.84. The van der Waals surface area contributed by atoms with Crippen LogP contribution in [0.4, 0.5) is 0 Å². The van der Waals surface area contributed by atoms with Gasteiger partial charge in [0.25, 0.3) is 0 Å². The summed E-state index contributed by atoms with van der Waals surface area (Å²) in [6.45, 7) is 4.62. The van der Waals surface area contributed by atoms with E-state index in [1.165, 1.54) is 0 Å². The molecule has 5 nitrogen and oxygen atoms in total. The molecule has 0 unspecified atom stereocenters. The summed E-state index contributed by atoms with van der Waals surface area (Å²) in [7, 11) is 0. The molecule has 0 atom stereocenters. The van der Waals surface area contributed by atoms with Gasteiger partial charge in [-0.05, 0) is 12.1 Å². The molecular weight excluding hydrogens is 218 g/mol. The number of carboxylic acid groups (broad SMARTS) is 1. The second kappa shape index (κ2) is 4.55. The van der Waals surface area contributed by atoms with Crippen molar-refractivity contribution >= 4 is 11.5 Å². The Morgan fingerprint density at radius 1 is 1.53 bits per heavy atom. The first-order chi connectivity index (χ1) is 8.09. The van der Waals surface area contributed by atoms with Crippen molar-refractivity contribution in [3.8, 4) is 0 Å². The Labute approximate surface area is 99.1 Å². The second-order valence-electron chi connectivity index (χ2n) is 4.17. The quantitative estimate of drug-likeness (QED) is 0.840. The lowest BCUT2D eigenvalue weighted by molar-refractivity contribution is 0.0693. The van der Waals surface area contributed by atoms with E-state index in [9.17, 15) is 4.79 Å². The number of nitrogens with one attached hydrogen (secondary N) is 1. The molecule has 0 radical (unpaired) electrons. The van der Waals surface area contributed by atoms with Crippen LogP contribution in [0.25, 0.3) is 5.52 Å². The topological polar surface area (TPSA) is 66.6 Å². The van der Waals surface area contributed by atoms with Gasteiger partial charge in [-0.2, -0.15) is 0 Å². The van der Waals surface area contributed by atoms with Gasteiger partial charge in [-0.1, -0.05) is 19.9 Å². The highest BCUT2D eigenvalue weighted by Crippen LogP contribution is 2.13. The molecule has 0 aliphatic heterocycles. The van der Waals surface area contributed by atoms with Crippen LogP contribution in [0.15, 0.2) is 24.4 Å². The highest BCUT2D eigenvalue weighted by atomic mass is 16.4. The normalized spacial score (nSPS) is 11.2. The van der Waals surface area contributed by atoms with Crippen LogP contribution in [0.5, 0.6) is 0 Å². The summed E-state index contributed by atoms with van der Waals surface area (Å²) in [5.74, 6) is -0.281. The summed E-state index contributed by atoms with van der Waals surface area (Å²) in [6, 6.07) is 5.76. The molecule has 0 fully saturated rings. The zero-order valence-electron chi connectivity index (χ0n) is 9.84. The first-order valence-corrected chi connectivity index (χ1v) is 5.52. The summed E-state index contributed by atoms with van der Waals surface area (Å²) < 4.78 is 1.80. The van der Waals surface area contributed by atoms with E-state index >= 15 is 0 Å². The number of hydrogen-bond donors (Lipinski definition) is 2. The highest BCUT2D eigenvalue weighted by molar-refractivity contribution is 5.93. The van der Waals surface area contributed by atoms with Crippen LogP contribution in [0.3, 0.4) is 0 Å². The molecular formula is C12H15N3O2. The van der Waals surface area contributed by atoms with Gasteiger partial charge in [0, 0.05) is 12.2 Å². The third-order valence-electron chi connectivity index (χ3n) is 2.49. The number of fused-ring (bicyclic) bond motifs is 1. The monoisotopic (exact) mass is 233 g/mol. The molecule has 5 heteroatoms. The van der Waals surface area contributed by atoms with E-state index in [0.29, 0.717) is 23.9 Å². The molecule has 0 saturated carbocycles. The van der Waals surface area contributed by atoms with Gasteiger partial charge in [0.15, 0.2) is 5.69 Å². The van der Waals surface area contributed by atoms with E-state index in [4.69, 9.17) is 5.11 Å². The van der Waals surface area contributed by atoms with E-state index in [1.54, 1.807) is 10.5 Å². The zero-order chi connectivity index (χ0) is 12.4. The lowest BCUT2D eigenvalue weighted by Gasteiger charge is -2.06. The van der Waals surface area contributed by atoms with E-state index < -0.39 is 5.97 Å². The summed E-state index contributed by atoms with van der Waals surface area (Å²) in [6.07, 6.45) is 1.83. The van der Waals surface area contributed by atoms with Crippen LogP contribution in [0, 0.1) is 0 Å². The van der Waals surface area contributed by atoms with E-state index in [2.05, 4.69) is 10.3 Å². The number of rotatable bonds is 4. The predicted molar refractivity (Wildman–Crippen MR) is 64.1 cm³/mol. The second-order valence-corrected chi connectivity index (χ2v) is 4.17. The molecule has 2 heterocycles. The Morgan fingerprint density at radius 2 is 2.29 bits per heavy atom. The fourth-order valence-electron chi connectivity index (χ4n) is 1.68. The Balaban J connectivity index is 2.45. The number of carboxylic acids is 1. The average molecular weight is 233 g/mol. The van der Waals surface area contributed by atoms with Crippen molar-refractivity contribution in [1.82, 2.24) is 14.7 Å². The van der Waals surface area contributed by atoms with Gasteiger partial charge in [-0.25, -0.2) is 9.78 Å². The van der Waals surface area contributed by atoms with Crippen LogP contribution in [-0.4, -0.2) is 26.5 Å². The molecule has 0 saturated heterocycles. The molecule has 17 heavy (non-hydrogen) atoms. The predicted octanol–water partition coefficient (Wildman–Crippen LogP) is 1.53. The standard InChI is InChI=1S/C12H15N3O2/c1-8(2)13-7-10-14-11(12(16)17)9-5-3-4-6-15(9)10/h3-6,8,13H,7H2,1-2H3,(H,16,17). The largest absolute Gasteiger partial charge is 0.476 e. The molecule has 0 spiro atoms. The fraction of sp³-hybridized carbons (Fsp3) is 0.333. The van der Waals surface area contributed by atoms with Crippen molar-refractivity contribution in [3.05, 3.63) is 35.9 Å². The van der Waals surface area contributed by atoms with Gasteiger partial charge in [0.05, 0.1) is 12.1 Å². The van der Waals surface area contributed by atoms with Crippen LogP contribution >= 0.6 is 0 Å². The number of aromatic nitrogens is 2. The van der Waals surface area contributed by atoms with Crippen molar-refractivity contribution in [1.29, 1.82) is 0 Å². The van der Waals surface area contributed by atoms with Gasteiger partial charge < -0.3 is 14.8 Å². The lowest BCUT2D eigenvalue weighted by atomic mass is 10.3. The summed E-state index contributed by atoms with van der Waals surface area (Å²) in [5.41, 5.74) is 0.728. The lowest BCUT2D eigenvalue weighted by Crippen LogP contribution is -2.23. The van der Waals surface area contributed by atoms with E-state index in [0.717, 1.165) is 0 Å². The number of carbonyl (C=O) groups is 1. The minimum Gasteiger partial charge on any atom is -0.476 e. The minimum atomic E-state index is -0.996. The maximum atomic E-state index is 11.1. The number of nitrogens with zero attached hydrogens (tertiary/aromatic N) is 2. The molecule has 0 aliphatic carbocycles. The Hall–Kier alpha value is -1.88. The van der Waals surface area contributed by atoms with Crippen molar-refractivity contribution in [2.75, 3.05) is 0 Å². The molecule has 0 aliphatic rings. The van der Waals surface area contributed by atoms with Gasteiger partial charge in [-0.15, -0.1) is 0 Å². The Morgan fingerprint density at radius 3 is 2.94 bits per heavy atom. The third-order valence-corrected chi connectivity index (χ3v) is 2.49. The van der Waals surface area contributed by atoms with Gasteiger partial charge in [-0.3, -0.25) is 0 Å². The average Bonchev–Trinajstić information content (AvgIpc) is 2.65. The van der Waals surface area contributed by atoms with Crippen molar-refractivity contribution in [2.24, 2.45) is 0 Å². The molecule has 0 bridgehead atoms. The fourth-order valence-corrected chi connectivity index (χ4v) is 1.68. The van der Waals surface area contributed by atoms with Crippen molar-refractivity contribution in [3.63, 3.8) is 0 Å². The van der Waals surface area contributed by atoms with Crippen molar-refractivity contribution < 1.29 is 9.90 Å². The molecule has 2 rings (SSSR count). The van der Waals surface area contributed by atoms with Crippen LogP contribution < -0.4 is 5.32 Å². The number of hydrogen-bond acceptors (Lipinski definition) is 3. The molecule has 90 valence electrons. The summed E-state index contributed by atoms with van der Waals surface area (Å²) in [4.78, 5) is 15.2. The van der Waals surface area contributed by atoms with Crippen LogP contribution in [0.2, 0.25) is 0 Å². The van der Waals surface area contributed by atoms with E-state index in [1.807, 2.05) is 32.2 Å². The van der Waals surface area contributed by atoms with E-state index in [-0.39, 0.29) is 5.69 Å². The van der Waals surface area contributed by atoms with Crippen molar-refractivity contribution in [2.45, 2.75) is 26.4 Å². The molecule has 2 aromatic rings. The third kappa shape index (κ3) is 2.29. The smallest absolute Gasteiger partial charge is 0.356 e. The maximum Gasteiger partial charge on any atom is 0.356 e. The molecule has 0 aromatic carbocycles. The number of pyridine rings is 1. The molecule has 2 aromatic heterocycles. The minimum absolute atomic E-state index is 0.103. The maximum absolute atomic E-state index is 11.1. The first kappa shape index (κ1) is 11.6. The Kier molecular flexibility index (Phi) is 3.10. The molecule has 2 N–H and O–H groups in total. The highest BCUT2D eigenvalue weighted by Gasteiger charge is 2.15. The van der Waals surface area contributed by atoms with Gasteiger partial charge >= 0.3 is 5.97 Å². The summed E-state index contributed by atoms with van der Waals surface area (Å²) in [5, 5.41) is 12.3. The molecule has 0 amide bonds.